The molecule has 1 saturated carbocycles. The first kappa shape index (κ1) is 13.8. The molecule has 0 aromatic heterocycles. The summed E-state index contributed by atoms with van der Waals surface area (Å²) < 4.78 is 13.0. The lowest BCUT2D eigenvalue weighted by atomic mass is 9.78. The summed E-state index contributed by atoms with van der Waals surface area (Å²) in [5.74, 6) is -0.288. The summed E-state index contributed by atoms with van der Waals surface area (Å²) in [4.78, 5) is 12.8. The fourth-order valence-electron chi connectivity index (χ4n) is 3.17. The molecular formula is C18H18FNO. The van der Waals surface area contributed by atoms with E-state index in [0.717, 1.165) is 31.2 Å². The van der Waals surface area contributed by atoms with Gasteiger partial charge in [-0.15, -0.1) is 0 Å². The standard InChI is InChI=1S/C18H18FNO/c19-15-8-10-16(11-9-15)20-17(21)18(12-4-5-13-18)14-6-2-1-3-7-14/h1-3,6-11H,4-5,12-13H2,(H,20,21). The van der Waals surface area contributed by atoms with Gasteiger partial charge in [0.25, 0.3) is 0 Å². The number of nitrogens with one attached hydrogen (secondary N) is 1. The first-order chi connectivity index (χ1) is 10.2. The van der Waals surface area contributed by atoms with Gasteiger partial charge in [-0.05, 0) is 42.7 Å². The maximum Gasteiger partial charge on any atom is 0.235 e. The van der Waals surface area contributed by atoms with Gasteiger partial charge in [0.2, 0.25) is 5.91 Å². The van der Waals surface area contributed by atoms with Crippen molar-refractivity contribution in [2.45, 2.75) is 31.1 Å². The van der Waals surface area contributed by atoms with Crippen LogP contribution in [-0.4, -0.2) is 5.91 Å². The first-order valence-corrected chi connectivity index (χ1v) is 7.33. The fraction of sp³-hybridized carbons (Fsp3) is 0.278. The van der Waals surface area contributed by atoms with E-state index in [9.17, 15) is 9.18 Å². The normalized spacial score (nSPS) is 16.6. The molecule has 0 saturated heterocycles. The Balaban J connectivity index is 1.87. The van der Waals surface area contributed by atoms with Crippen molar-refractivity contribution in [1.29, 1.82) is 0 Å². The van der Waals surface area contributed by atoms with Crippen molar-refractivity contribution < 1.29 is 9.18 Å². The highest BCUT2D eigenvalue weighted by molar-refractivity contribution is 5.99. The van der Waals surface area contributed by atoms with E-state index >= 15 is 0 Å². The van der Waals surface area contributed by atoms with Crippen LogP contribution in [0.1, 0.15) is 31.2 Å². The Labute approximate surface area is 124 Å². The second-order valence-electron chi connectivity index (χ2n) is 5.62. The van der Waals surface area contributed by atoms with Gasteiger partial charge in [-0.3, -0.25) is 4.79 Å². The molecule has 1 amide bonds. The molecule has 1 aliphatic carbocycles. The van der Waals surface area contributed by atoms with Crippen LogP contribution in [0.3, 0.4) is 0 Å². The Bertz CT molecular complexity index is 615. The van der Waals surface area contributed by atoms with Crippen LogP contribution in [-0.2, 0) is 10.2 Å². The van der Waals surface area contributed by atoms with Crippen molar-refractivity contribution in [1.82, 2.24) is 0 Å². The minimum absolute atomic E-state index is 0.0119. The summed E-state index contributed by atoms with van der Waals surface area (Å²) in [6.45, 7) is 0. The van der Waals surface area contributed by atoms with Gasteiger partial charge < -0.3 is 5.32 Å². The van der Waals surface area contributed by atoms with E-state index in [1.165, 1.54) is 12.1 Å². The quantitative estimate of drug-likeness (QED) is 0.895. The topological polar surface area (TPSA) is 29.1 Å². The molecule has 3 rings (SSSR count). The number of carbonyl (C=O) groups excluding carboxylic acids is 1. The van der Waals surface area contributed by atoms with Crippen LogP contribution < -0.4 is 5.32 Å². The lowest BCUT2D eigenvalue weighted by molar-refractivity contribution is -0.121. The molecule has 0 bridgehead atoms. The van der Waals surface area contributed by atoms with Crippen LogP contribution in [0.2, 0.25) is 0 Å². The molecule has 108 valence electrons. The van der Waals surface area contributed by atoms with Gasteiger partial charge in [0.1, 0.15) is 5.82 Å². The molecule has 0 aliphatic heterocycles. The van der Waals surface area contributed by atoms with Crippen LogP contribution in [0.25, 0.3) is 0 Å². The van der Waals surface area contributed by atoms with Crippen molar-refractivity contribution in [2.24, 2.45) is 0 Å². The lowest BCUT2D eigenvalue weighted by Gasteiger charge is -2.28. The molecule has 2 nitrogen and oxygen atoms in total. The van der Waals surface area contributed by atoms with Gasteiger partial charge in [0.05, 0.1) is 5.41 Å². The summed E-state index contributed by atoms with van der Waals surface area (Å²) in [6.07, 6.45) is 3.85. The number of hydrogen-bond acceptors (Lipinski definition) is 1. The fourth-order valence-corrected chi connectivity index (χ4v) is 3.17. The molecule has 0 unspecified atom stereocenters. The smallest absolute Gasteiger partial charge is 0.235 e. The molecule has 1 fully saturated rings. The highest BCUT2D eigenvalue weighted by atomic mass is 19.1. The van der Waals surface area contributed by atoms with Crippen molar-refractivity contribution in [3.05, 3.63) is 66.0 Å². The van der Waals surface area contributed by atoms with Crippen LogP contribution in [0.4, 0.5) is 10.1 Å². The molecule has 0 spiro atoms. The van der Waals surface area contributed by atoms with Gasteiger partial charge in [0, 0.05) is 5.69 Å². The number of halogens is 1. The maximum absolute atomic E-state index is 13.0. The number of hydrogen-bond donors (Lipinski definition) is 1. The van der Waals surface area contributed by atoms with Crippen LogP contribution >= 0.6 is 0 Å². The molecule has 0 heterocycles. The average molecular weight is 283 g/mol. The number of rotatable bonds is 3. The summed E-state index contributed by atoms with van der Waals surface area (Å²) in [6, 6.07) is 15.9. The second kappa shape index (κ2) is 5.68. The summed E-state index contributed by atoms with van der Waals surface area (Å²) in [5.41, 5.74) is 1.26. The van der Waals surface area contributed by atoms with E-state index in [0.29, 0.717) is 5.69 Å². The van der Waals surface area contributed by atoms with Crippen LogP contribution in [0.5, 0.6) is 0 Å². The average Bonchev–Trinajstić information content (AvgIpc) is 3.01. The molecule has 0 radical (unpaired) electrons. The van der Waals surface area contributed by atoms with E-state index in [4.69, 9.17) is 0 Å². The summed E-state index contributed by atoms with van der Waals surface area (Å²) >= 11 is 0. The first-order valence-electron chi connectivity index (χ1n) is 7.33. The SMILES string of the molecule is O=C(Nc1ccc(F)cc1)C1(c2ccccc2)CCCC1. The molecule has 21 heavy (non-hydrogen) atoms. The monoisotopic (exact) mass is 283 g/mol. The van der Waals surface area contributed by atoms with E-state index in [1.54, 1.807) is 12.1 Å². The Morgan fingerprint density at radius 2 is 1.57 bits per heavy atom. The van der Waals surface area contributed by atoms with Crippen LogP contribution in [0, 0.1) is 5.82 Å². The molecule has 1 N–H and O–H groups in total. The second-order valence-corrected chi connectivity index (χ2v) is 5.62. The minimum atomic E-state index is -0.449. The number of carbonyl (C=O) groups is 1. The zero-order valence-electron chi connectivity index (χ0n) is 11.8. The highest BCUT2D eigenvalue weighted by Crippen LogP contribution is 2.41. The van der Waals surface area contributed by atoms with Gasteiger partial charge in [-0.25, -0.2) is 4.39 Å². The lowest BCUT2D eigenvalue weighted by Crippen LogP contribution is -2.37. The Morgan fingerprint density at radius 1 is 0.952 bits per heavy atom. The van der Waals surface area contributed by atoms with E-state index in [2.05, 4.69) is 5.32 Å². The summed E-state index contributed by atoms with van der Waals surface area (Å²) in [5, 5.41) is 2.94. The zero-order valence-corrected chi connectivity index (χ0v) is 11.8. The van der Waals surface area contributed by atoms with Gasteiger partial charge in [-0.1, -0.05) is 43.2 Å². The predicted octanol–water partition coefficient (Wildman–Crippen LogP) is 4.28. The van der Waals surface area contributed by atoms with Crippen molar-refractivity contribution in [3.8, 4) is 0 Å². The Hall–Kier alpha value is -2.16. The highest BCUT2D eigenvalue weighted by Gasteiger charge is 2.42. The Morgan fingerprint density at radius 3 is 2.19 bits per heavy atom. The molecule has 3 heteroatoms. The van der Waals surface area contributed by atoms with Gasteiger partial charge in [-0.2, -0.15) is 0 Å². The zero-order chi connectivity index (χ0) is 14.7. The van der Waals surface area contributed by atoms with Crippen molar-refractivity contribution >= 4 is 11.6 Å². The van der Waals surface area contributed by atoms with E-state index in [-0.39, 0.29) is 11.7 Å². The largest absolute Gasteiger partial charge is 0.325 e. The molecular weight excluding hydrogens is 265 g/mol. The molecule has 2 aromatic rings. The number of benzene rings is 2. The number of amides is 1. The van der Waals surface area contributed by atoms with Crippen molar-refractivity contribution in [2.75, 3.05) is 5.32 Å². The van der Waals surface area contributed by atoms with Gasteiger partial charge in [0.15, 0.2) is 0 Å². The maximum atomic E-state index is 13.0. The van der Waals surface area contributed by atoms with E-state index < -0.39 is 5.41 Å². The predicted molar refractivity (Wildman–Crippen MR) is 81.6 cm³/mol. The Kier molecular flexibility index (Phi) is 3.74. The minimum Gasteiger partial charge on any atom is -0.325 e. The van der Waals surface area contributed by atoms with Crippen LogP contribution in [0.15, 0.2) is 54.6 Å². The molecule has 0 atom stereocenters. The third-order valence-electron chi connectivity index (χ3n) is 4.32. The molecule has 1 aliphatic rings. The summed E-state index contributed by atoms with van der Waals surface area (Å²) in [7, 11) is 0. The third kappa shape index (κ3) is 2.68. The molecule has 2 aromatic carbocycles. The van der Waals surface area contributed by atoms with E-state index in [1.807, 2.05) is 30.3 Å². The van der Waals surface area contributed by atoms with Gasteiger partial charge >= 0.3 is 0 Å². The number of anilines is 1. The van der Waals surface area contributed by atoms with Crippen molar-refractivity contribution in [3.63, 3.8) is 0 Å². The third-order valence-corrected chi connectivity index (χ3v) is 4.32.